The summed E-state index contributed by atoms with van der Waals surface area (Å²) in [4.78, 5) is 12.0. The average molecular weight is 285 g/mol. The maximum absolute atomic E-state index is 12.0. The highest BCUT2D eigenvalue weighted by molar-refractivity contribution is 5.89. The van der Waals surface area contributed by atoms with Gasteiger partial charge in [-0.1, -0.05) is 19.4 Å². The summed E-state index contributed by atoms with van der Waals surface area (Å²) in [5, 5.41) is 2.87. The van der Waals surface area contributed by atoms with Crippen molar-refractivity contribution in [2.75, 3.05) is 12.4 Å². The predicted molar refractivity (Wildman–Crippen MR) is 82.3 cm³/mol. The Balaban J connectivity index is 1.94. The molecule has 1 amide bonds. The predicted octanol–water partition coefficient (Wildman–Crippen LogP) is 2.57. The van der Waals surface area contributed by atoms with Crippen molar-refractivity contribution in [1.29, 1.82) is 0 Å². The van der Waals surface area contributed by atoms with Gasteiger partial charge in [-0.2, -0.15) is 4.57 Å². The van der Waals surface area contributed by atoms with Crippen molar-refractivity contribution in [3.05, 3.63) is 54.4 Å². The van der Waals surface area contributed by atoms with Gasteiger partial charge in [-0.15, -0.1) is 0 Å². The number of anilines is 1. The van der Waals surface area contributed by atoms with E-state index in [1.807, 2.05) is 35.2 Å². The Kier molecular flexibility index (Phi) is 5.32. The van der Waals surface area contributed by atoms with Gasteiger partial charge in [0.15, 0.2) is 12.4 Å². The van der Waals surface area contributed by atoms with Crippen LogP contribution in [0.5, 0.6) is 5.75 Å². The molecule has 21 heavy (non-hydrogen) atoms. The van der Waals surface area contributed by atoms with E-state index >= 15 is 0 Å². The molecular weight excluding hydrogens is 264 g/mol. The van der Waals surface area contributed by atoms with Crippen molar-refractivity contribution in [2.45, 2.75) is 26.3 Å². The van der Waals surface area contributed by atoms with E-state index in [9.17, 15) is 4.79 Å². The van der Waals surface area contributed by atoms with Crippen LogP contribution in [0.3, 0.4) is 0 Å². The molecule has 0 saturated heterocycles. The van der Waals surface area contributed by atoms with Crippen LogP contribution in [-0.4, -0.2) is 13.0 Å². The minimum atomic E-state index is -0.0588. The fourth-order valence-electron chi connectivity index (χ4n) is 2.12. The van der Waals surface area contributed by atoms with E-state index in [4.69, 9.17) is 4.74 Å². The third-order valence-corrected chi connectivity index (χ3v) is 3.18. The Morgan fingerprint density at radius 3 is 2.67 bits per heavy atom. The zero-order valence-corrected chi connectivity index (χ0v) is 12.5. The van der Waals surface area contributed by atoms with E-state index in [0.29, 0.717) is 6.54 Å². The van der Waals surface area contributed by atoms with E-state index < -0.39 is 0 Å². The molecule has 0 atom stereocenters. The molecule has 0 saturated carbocycles. The van der Waals surface area contributed by atoms with E-state index in [1.165, 1.54) is 5.56 Å². The SMILES string of the molecule is CCCc1cc[n+](CC(=O)Nc2cccc(OC)c2)cc1. The lowest BCUT2D eigenvalue weighted by atomic mass is 10.2. The molecule has 2 aromatic rings. The van der Waals surface area contributed by atoms with Crippen LogP contribution in [0.4, 0.5) is 5.69 Å². The highest BCUT2D eigenvalue weighted by Gasteiger charge is 2.09. The highest BCUT2D eigenvalue weighted by Crippen LogP contribution is 2.16. The van der Waals surface area contributed by atoms with Gasteiger partial charge in [-0.25, -0.2) is 0 Å². The van der Waals surface area contributed by atoms with Gasteiger partial charge in [0.25, 0.3) is 5.91 Å². The number of carbonyl (C=O) groups excluding carboxylic acids is 1. The van der Waals surface area contributed by atoms with Crippen LogP contribution < -0.4 is 14.6 Å². The van der Waals surface area contributed by atoms with Crippen LogP contribution in [0, 0.1) is 0 Å². The lowest BCUT2D eigenvalue weighted by molar-refractivity contribution is -0.684. The Hall–Kier alpha value is -2.36. The number of nitrogens with one attached hydrogen (secondary N) is 1. The number of benzene rings is 1. The van der Waals surface area contributed by atoms with Gasteiger partial charge in [-0.05, 0) is 24.1 Å². The summed E-state index contributed by atoms with van der Waals surface area (Å²) in [5.74, 6) is 0.667. The van der Waals surface area contributed by atoms with Crippen molar-refractivity contribution in [1.82, 2.24) is 0 Å². The molecule has 4 heteroatoms. The molecule has 1 aromatic carbocycles. The summed E-state index contributed by atoms with van der Waals surface area (Å²) in [6.07, 6.45) is 6.07. The number of hydrogen-bond acceptors (Lipinski definition) is 2. The molecule has 0 radical (unpaired) electrons. The fraction of sp³-hybridized carbons (Fsp3) is 0.294. The number of amides is 1. The number of ether oxygens (including phenoxy) is 1. The Morgan fingerprint density at radius 1 is 1.24 bits per heavy atom. The molecule has 0 bridgehead atoms. The first-order chi connectivity index (χ1) is 10.2. The molecule has 0 spiro atoms. The van der Waals surface area contributed by atoms with Crippen LogP contribution in [0.15, 0.2) is 48.8 Å². The first-order valence-corrected chi connectivity index (χ1v) is 7.13. The summed E-state index contributed by atoms with van der Waals surface area (Å²) in [7, 11) is 1.61. The topological polar surface area (TPSA) is 42.2 Å². The van der Waals surface area contributed by atoms with Gasteiger partial charge in [0.2, 0.25) is 6.54 Å². The molecule has 0 aliphatic carbocycles. The first kappa shape index (κ1) is 15.0. The minimum Gasteiger partial charge on any atom is -0.497 e. The number of nitrogens with zero attached hydrogens (tertiary/aromatic N) is 1. The second-order valence-electron chi connectivity index (χ2n) is 4.91. The van der Waals surface area contributed by atoms with Crippen molar-refractivity contribution >= 4 is 11.6 Å². The van der Waals surface area contributed by atoms with Gasteiger partial charge in [-0.3, -0.25) is 4.79 Å². The zero-order chi connectivity index (χ0) is 15.1. The van der Waals surface area contributed by atoms with Crippen LogP contribution in [0.25, 0.3) is 0 Å². The van der Waals surface area contributed by atoms with Crippen LogP contribution >= 0.6 is 0 Å². The normalized spacial score (nSPS) is 10.2. The quantitative estimate of drug-likeness (QED) is 0.829. The molecule has 0 aliphatic rings. The summed E-state index contributed by atoms with van der Waals surface area (Å²) < 4.78 is 7.00. The van der Waals surface area contributed by atoms with Crippen molar-refractivity contribution in [3.8, 4) is 5.75 Å². The molecule has 2 rings (SSSR count). The second-order valence-corrected chi connectivity index (χ2v) is 4.91. The number of aromatic nitrogens is 1. The number of carbonyl (C=O) groups is 1. The van der Waals surface area contributed by atoms with Gasteiger partial charge in [0, 0.05) is 23.9 Å². The largest absolute Gasteiger partial charge is 0.497 e. The molecule has 0 unspecified atom stereocenters. The fourth-order valence-corrected chi connectivity index (χ4v) is 2.12. The van der Waals surface area contributed by atoms with E-state index in [0.717, 1.165) is 24.3 Å². The molecule has 1 aromatic heterocycles. The van der Waals surface area contributed by atoms with Crippen LogP contribution in [0.2, 0.25) is 0 Å². The molecular formula is C17H21N2O2+. The lowest BCUT2D eigenvalue weighted by Crippen LogP contribution is -2.39. The maximum Gasteiger partial charge on any atom is 0.290 e. The third kappa shape index (κ3) is 4.60. The molecule has 0 fully saturated rings. The summed E-state index contributed by atoms with van der Waals surface area (Å²) >= 11 is 0. The Morgan fingerprint density at radius 2 is 2.00 bits per heavy atom. The average Bonchev–Trinajstić information content (AvgIpc) is 2.49. The monoisotopic (exact) mass is 285 g/mol. The van der Waals surface area contributed by atoms with Gasteiger partial charge >= 0.3 is 0 Å². The third-order valence-electron chi connectivity index (χ3n) is 3.18. The van der Waals surface area contributed by atoms with Crippen molar-refractivity contribution < 1.29 is 14.1 Å². The van der Waals surface area contributed by atoms with E-state index in [2.05, 4.69) is 24.4 Å². The molecule has 4 nitrogen and oxygen atoms in total. The number of rotatable bonds is 6. The van der Waals surface area contributed by atoms with Gasteiger partial charge in [0.05, 0.1) is 7.11 Å². The molecule has 1 N–H and O–H groups in total. The number of hydrogen-bond donors (Lipinski definition) is 1. The number of aryl methyl sites for hydroxylation is 1. The minimum absolute atomic E-state index is 0.0588. The number of methoxy groups -OCH3 is 1. The first-order valence-electron chi connectivity index (χ1n) is 7.13. The van der Waals surface area contributed by atoms with Crippen molar-refractivity contribution in [2.24, 2.45) is 0 Å². The van der Waals surface area contributed by atoms with E-state index in [-0.39, 0.29) is 5.91 Å². The molecule has 1 heterocycles. The Bertz CT molecular complexity index is 594. The zero-order valence-electron chi connectivity index (χ0n) is 12.5. The van der Waals surface area contributed by atoms with E-state index in [1.54, 1.807) is 13.2 Å². The van der Waals surface area contributed by atoms with Crippen LogP contribution in [-0.2, 0) is 17.8 Å². The Labute approximate surface area is 125 Å². The summed E-state index contributed by atoms with van der Waals surface area (Å²) in [5.41, 5.74) is 2.03. The summed E-state index contributed by atoms with van der Waals surface area (Å²) in [6, 6.07) is 11.4. The van der Waals surface area contributed by atoms with Gasteiger partial charge in [0.1, 0.15) is 5.75 Å². The maximum atomic E-state index is 12.0. The number of pyridine rings is 1. The molecule has 110 valence electrons. The standard InChI is InChI=1S/C17H20N2O2/c1-3-5-14-8-10-19(11-9-14)13-17(20)18-15-6-4-7-16(12-15)21-2/h4,6-12H,3,5,13H2,1-2H3/p+1. The second kappa shape index (κ2) is 7.43. The molecule has 0 aliphatic heterocycles. The summed E-state index contributed by atoms with van der Waals surface area (Å²) in [6.45, 7) is 2.45. The smallest absolute Gasteiger partial charge is 0.290 e. The highest BCUT2D eigenvalue weighted by atomic mass is 16.5. The lowest BCUT2D eigenvalue weighted by Gasteiger charge is -2.05. The van der Waals surface area contributed by atoms with Crippen molar-refractivity contribution in [3.63, 3.8) is 0 Å². The van der Waals surface area contributed by atoms with Crippen LogP contribution in [0.1, 0.15) is 18.9 Å². The van der Waals surface area contributed by atoms with Gasteiger partial charge < -0.3 is 10.1 Å².